The number of carbonyl (C=O) groups is 6. The van der Waals surface area contributed by atoms with Crippen molar-refractivity contribution in [2.24, 2.45) is 0 Å². The largest absolute Gasteiger partial charge is 0.482 e. The van der Waals surface area contributed by atoms with Crippen LogP contribution in [0.2, 0.25) is 0 Å². The summed E-state index contributed by atoms with van der Waals surface area (Å²) in [6.07, 6.45) is 0. The molecule has 0 bridgehead atoms. The van der Waals surface area contributed by atoms with Crippen molar-refractivity contribution in [2.75, 3.05) is 65.9 Å². The number of esters is 2. The first-order chi connectivity index (χ1) is 24.2. The van der Waals surface area contributed by atoms with E-state index in [-0.39, 0.29) is 39.3 Å². The second-order valence-electron chi connectivity index (χ2n) is 11.7. The van der Waals surface area contributed by atoms with E-state index < -0.39 is 62.2 Å². The number of hydrogen-bond donors (Lipinski definition) is 0. The lowest BCUT2D eigenvalue weighted by Gasteiger charge is -2.35. The van der Waals surface area contributed by atoms with Crippen molar-refractivity contribution >= 4 is 57.1 Å². The molecule has 2 saturated heterocycles. The van der Waals surface area contributed by atoms with Crippen LogP contribution in [0.25, 0.3) is 21.5 Å². The number of carbonyl (C=O) groups excluding carboxylic acids is 6. The van der Waals surface area contributed by atoms with Crippen LogP contribution in [-0.4, -0.2) is 121 Å². The average molecular weight is 683 g/mol. The fourth-order valence-electron chi connectivity index (χ4n) is 5.54. The molecule has 2 heterocycles. The molecular weight excluding hydrogens is 648 g/mol. The van der Waals surface area contributed by atoms with Gasteiger partial charge in [-0.05, 0) is 45.8 Å². The zero-order valence-corrected chi connectivity index (χ0v) is 27.0. The van der Waals surface area contributed by atoms with Gasteiger partial charge < -0.3 is 18.9 Å². The van der Waals surface area contributed by atoms with Crippen molar-refractivity contribution in [3.63, 3.8) is 0 Å². The maximum atomic E-state index is 12.7. The van der Waals surface area contributed by atoms with Gasteiger partial charge in [0.1, 0.15) is 11.5 Å². The Labute approximate surface area is 286 Å². The minimum absolute atomic E-state index is 0.115. The van der Waals surface area contributed by atoms with E-state index in [1.807, 2.05) is 60.7 Å². The number of benzene rings is 4. The smallest absolute Gasteiger partial charge is 0.345 e. The predicted molar refractivity (Wildman–Crippen MR) is 177 cm³/mol. The topological polar surface area (TPSA) is 152 Å². The van der Waals surface area contributed by atoms with E-state index in [1.165, 1.54) is 0 Å². The molecule has 14 nitrogen and oxygen atoms in total. The molecule has 0 saturated carbocycles. The monoisotopic (exact) mass is 682 g/mol. The summed E-state index contributed by atoms with van der Waals surface area (Å²) in [6, 6.07) is 26.2. The van der Waals surface area contributed by atoms with Crippen LogP contribution in [0.15, 0.2) is 84.9 Å². The van der Waals surface area contributed by atoms with Crippen molar-refractivity contribution < 1.29 is 47.7 Å². The fourth-order valence-corrected chi connectivity index (χ4v) is 5.54. The van der Waals surface area contributed by atoms with Crippen LogP contribution >= 0.6 is 0 Å². The van der Waals surface area contributed by atoms with Gasteiger partial charge in [-0.25, -0.2) is 19.4 Å². The summed E-state index contributed by atoms with van der Waals surface area (Å²) in [5, 5.41) is 3.95. The van der Waals surface area contributed by atoms with Crippen molar-refractivity contribution in [3.8, 4) is 11.5 Å². The Hall–Kier alpha value is -5.86. The molecule has 0 aliphatic carbocycles. The first kappa shape index (κ1) is 34.0. The van der Waals surface area contributed by atoms with Gasteiger partial charge in [-0.15, -0.1) is 0 Å². The fraction of sp³-hybridized carbons (Fsp3) is 0.278. The van der Waals surface area contributed by atoms with Gasteiger partial charge in [0.25, 0.3) is 0 Å². The molecule has 0 spiro atoms. The lowest BCUT2D eigenvalue weighted by molar-refractivity contribution is -0.167. The Balaban J connectivity index is 0.876. The highest BCUT2D eigenvalue weighted by molar-refractivity contribution is 6.00. The molecular formula is C36H34N4O10. The standard InChI is InChI=1S/C36H34N4O10/c41-31-17-37(18-32(42)39(31)23-49-35(45)21-47-29-11-9-25-5-1-3-7-27(25)15-29)13-14-38-19-33(43)40(34(44)20-38)24-50-36(46)22-48-30-12-10-26-6-2-4-8-28(26)16-30/h1-12,15-16H,13-14,17-24H2. The third-order valence-electron chi connectivity index (χ3n) is 8.24. The quantitative estimate of drug-likeness (QED) is 0.149. The molecule has 0 radical (unpaired) electrons. The number of imide groups is 2. The number of rotatable bonds is 13. The summed E-state index contributed by atoms with van der Waals surface area (Å²) in [4.78, 5) is 80.2. The van der Waals surface area contributed by atoms with Crippen molar-refractivity contribution in [2.45, 2.75) is 0 Å². The first-order valence-corrected chi connectivity index (χ1v) is 15.9. The highest BCUT2D eigenvalue weighted by Crippen LogP contribution is 2.22. The third-order valence-corrected chi connectivity index (χ3v) is 8.24. The molecule has 2 fully saturated rings. The summed E-state index contributed by atoms with van der Waals surface area (Å²) in [6.45, 7) is -1.85. The van der Waals surface area contributed by atoms with Crippen LogP contribution in [0.5, 0.6) is 11.5 Å². The first-order valence-electron chi connectivity index (χ1n) is 15.9. The zero-order valence-electron chi connectivity index (χ0n) is 27.0. The van der Waals surface area contributed by atoms with Gasteiger partial charge in [-0.1, -0.05) is 60.7 Å². The van der Waals surface area contributed by atoms with Gasteiger partial charge in [0.15, 0.2) is 26.7 Å². The number of nitrogens with zero attached hydrogens (tertiary/aromatic N) is 4. The second-order valence-corrected chi connectivity index (χ2v) is 11.7. The van der Waals surface area contributed by atoms with Gasteiger partial charge >= 0.3 is 11.9 Å². The molecule has 4 aromatic carbocycles. The van der Waals surface area contributed by atoms with Crippen molar-refractivity contribution in [1.82, 2.24) is 19.6 Å². The number of ether oxygens (including phenoxy) is 4. The van der Waals surface area contributed by atoms with Crippen molar-refractivity contribution in [1.29, 1.82) is 0 Å². The molecule has 50 heavy (non-hydrogen) atoms. The lowest BCUT2D eigenvalue weighted by Crippen LogP contribution is -2.58. The van der Waals surface area contributed by atoms with E-state index in [0.29, 0.717) is 11.5 Å². The summed E-state index contributed by atoms with van der Waals surface area (Å²) in [7, 11) is 0. The molecule has 0 unspecified atom stereocenters. The SMILES string of the molecule is O=C(COc1ccc2ccccc2c1)OCN1C(=O)CN(CCN2CC(=O)N(COC(=O)COc3ccc4ccccc4c3)C(=O)C2)CC1=O. The molecule has 258 valence electrons. The van der Waals surface area contributed by atoms with E-state index in [9.17, 15) is 28.8 Å². The van der Waals surface area contributed by atoms with Crippen LogP contribution in [-0.2, 0) is 38.2 Å². The Bertz CT molecular complexity index is 1770. The lowest BCUT2D eigenvalue weighted by atomic mass is 10.1. The maximum Gasteiger partial charge on any atom is 0.345 e. The number of fused-ring (bicyclic) bond motifs is 2. The summed E-state index contributed by atoms with van der Waals surface area (Å²) >= 11 is 0. The Kier molecular flexibility index (Phi) is 10.6. The van der Waals surface area contributed by atoms with Crippen LogP contribution in [0.3, 0.4) is 0 Å². The Morgan fingerprint density at radius 3 is 1.24 bits per heavy atom. The van der Waals surface area contributed by atoms with Crippen LogP contribution in [0.1, 0.15) is 0 Å². The minimum Gasteiger partial charge on any atom is -0.482 e. The van der Waals surface area contributed by atoms with Gasteiger partial charge in [0.2, 0.25) is 23.6 Å². The third kappa shape index (κ3) is 8.59. The van der Waals surface area contributed by atoms with Gasteiger partial charge in [0.05, 0.1) is 26.2 Å². The number of amides is 4. The molecule has 0 aromatic heterocycles. The molecule has 2 aliphatic heterocycles. The van der Waals surface area contributed by atoms with E-state index in [1.54, 1.807) is 34.1 Å². The van der Waals surface area contributed by atoms with Gasteiger partial charge in [0, 0.05) is 13.1 Å². The minimum atomic E-state index is -0.737. The van der Waals surface area contributed by atoms with Crippen LogP contribution < -0.4 is 9.47 Å². The molecule has 2 aliphatic rings. The molecule has 14 heteroatoms. The van der Waals surface area contributed by atoms with Crippen molar-refractivity contribution in [3.05, 3.63) is 84.9 Å². The molecule has 0 atom stereocenters. The average Bonchev–Trinajstić information content (AvgIpc) is 3.11. The number of hydrogen-bond acceptors (Lipinski definition) is 12. The van der Waals surface area contributed by atoms with E-state index in [0.717, 1.165) is 31.3 Å². The number of piperazine rings is 2. The Morgan fingerprint density at radius 1 is 0.500 bits per heavy atom. The van der Waals surface area contributed by atoms with Gasteiger partial charge in [-0.2, -0.15) is 0 Å². The normalized spacial score (nSPS) is 15.8. The van der Waals surface area contributed by atoms with Crippen LogP contribution in [0.4, 0.5) is 0 Å². The zero-order chi connectivity index (χ0) is 35.0. The molecule has 0 N–H and O–H groups in total. The summed E-state index contributed by atoms with van der Waals surface area (Å²) in [5.74, 6) is -2.71. The molecule has 4 amide bonds. The highest BCUT2D eigenvalue weighted by Gasteiger charge is 2.34. The predicted octanol–water partition coefficient (Wildman–Crippen LogP) is 1.79. The molecule has 6 rings (SSSR count). The highest BCUT2D eigenvalue weighted by atomic mass is 16.6. The van der Waals surface area contributed by atoms with E-state index in [4.69, 9.17) is 18.9 Å². The van der Waals surface area contributed by atoms with E-state index >= 15 is 0 Å². The Morgan fingerprint density at radius 2 is 0.860 bits per heavy atom. The van der Waals surface area contributed by atoms with Gasteiger partial charge in [-0.3, -0.25) is 29.0 Å². The summed E-state index contributed by atoms with van der Waals surface area (Å²) in [5.41, 5.74) is 0. The second kappa shape index (κ2) is 15.6. The molecule has 4 aromatic rings. The van der Waals surface area contributed by atoms with Crippen LogP contribution in [0, 0.1) is 0 Å². The maximum absolute atomic E-state index is 12.7. The van der Waals surface area contributed by atoms with E-state index in [2.05, 4.69) is 0 Å². The summed E-state index contributed by atoms with van der Waals surface area (Å²) < 4.78 is 21.2.